The molecule has 4 aromatic carbocycles. The molecule has 0 bridgehead atoms. The molecule has 0 N–H and O–H groups in total. The summed E-state index contributed by atoms with van der Waals surface area (Å²) in [5, 5.41) is 0. The lowest BCUT2D eigenvalue weighted by atomic mass is 10.1. The normalized spacial score (nSPS) is 12.5. The van der Waals surface area contributed by atoms with E-state index in [9.17, 15) is 9.59 Å². The van der Waals surface area contributed by atoms with E-state index in [4.69, 9.17) is 33.2 Å². The van der Waals surface area contributed by atoms with Crippen LogP contribution in [-0.4, -0.2) is 79.0 Å². The predicted molar refractivity (Wildman–Crippen MR) is 219 cm³/mol. The number of hydrogen-bond acceptors (Lipinski definition) is 10. The minimum atomic E-state index is -0.396. The number of para-hydroxylation sites is 1. The summed E-state index contributed by atoms with van der Waals surface area (Å²) >= 11 is 0. The number of esters is 2. The monoisotopic (exact) mass is 770 g/mol. The summed E-state index contributed by atoms with van der Waals surface area (Å²) in [4.78, 5) is 23.5. The zero-order chi connectivity index (χ0) is 40.2. The maximum atomic E-state index is 12.2. The molecule has 0 aromatic heterocycles. The van der Waals surface area contributed by atoms with Crippen LogP contribution in [0.4, 0.5) is 0 Å². The van der Waals surface area contributed by atoms with Gasteiger partial charge in [0.15, 0.2) is 0 Å². The Morgan fingerprint density at radius 3 is 1.82 bits per heavy atom. The highest BCUT2D eigenvalue weighted by atomic mass is 16.6. The number of epoxide rings is 1. The van der Waals surface area contributed by atoms with Crippen LogP contribution in [-0.2, 0) is 23.7 Å². The van der Waals surface area contributed by atoms with Crippen LogP contribution in [0.25, 0.3) is 5.76 Å². The van der Waals surface area contributed by atoms with E-state index in [2.05, 4.69) is 11.3 Å². The van der Waals surface area contributed by atoms with Crippen molar-refractivity contribution in [3.8, 4) is 17.2 Å². The summed E-state index contributed by atoms with van der Waals surface area (Å²) < 4.78 is 41.8. The van der Waals surface area contributed by atoms with Gasteiger partial charge in [-0.05, 0) is 86.8 Å². The fraction of sp³-hybridized carbons (Fsp3) is 0.391. The van der Waals surface area contributed by atoms with Gasteiger partial charge in [0.1, 0.15) is 23.0 Å². The van der Waals surface area contributed by atoms with Crippen molar-refractivity contribution in [3.63, 3.8) is 0 Å². The van der Waals surface area contributed by atoms with Crippen LogP contribution in [0.15, 0.2) is 110 Å². The molecular weight excluding hydrogens is 712 g/mol. The van der Waals surface area contributed by atoms with Crippen molar-refractivity contribution < 1.29 is 47.5 Å². The van der Waals surface area contributed by atoms with Gasteiger partial charge in [0, 0.05) is 38.9 Å². The standard InChI is InChI=1S/C23H28O5.C16H22O4.C7H8O/c1-18-6-12-22(13-7-18)28-23(24)21-10-8-20(9-11-21)19(2)27-17-5-16-26-15-4-14-25-3;1-18-16(17)13-7-9-14(10-8-13)19-11-5-3-2-4-6-15-12-20-15;1-8-7-5-3-2-4-6-7/h6-13H,2,4-5,14-17H2,1,3H3;7-10,15H,2-6,11-12H2,1H3;2-6H,1H3. The SMILES string of the molecule is C=C(OCCCOCCCOC)c1ccc(C(=O)Oc2ccc(C)cc2)cc1.COC(=O)c1ccc(OCCCCCCC2CO2)cc1.COc1ccccc1. The second kappa shape index (κ2) is 27.4. The number of hydrogen-bond donors (Lipinski definition) is 0. The summed E-state index contributed by atoms with van der Waals surface area (Å²) in [5.74, 6) is 2.08. The Bertz CT molecular complexity index is 1650. The van der Waals surface area contributed by atoms with Crippen molar-refractivity contribution in [1.82, 2.24) is 0 Å². The van der Waals surface area contributed by atoms with E-state index in [1.165, 1.54) is 32.8 Å². The molecule has 10 nitrogen and oxygen atoms in total. The first-order chi connectivity index (χ1) is 27.3. The van der Waals surface area contributed by atoms with Crippen LogP contribution in [0, 0.1) is 6.92 Å². The van der Waals surface area contributed by atoms with Crippen LogP contribution in [0.5, 0.6) is 17.2 Å². The number of carbonyl (C=O) groups is 2. The molecule has 1 atom stereocenters. The second-order valence-corrected chi connectivity index (χ2v) is 12.9. The number of benzene rings is 4. The van der Waals surface area contributed by atoms with Crippen molar-refractivity contribution in [1.29, 1.82) is 0 Å². The highest BCUT2D eigenvalue weighted by Gasteiger charge is 2.20. The van der Waals surface area contributed by atoms with Crippen LogP contribution in [0.1, 0.15) is 76.8 Å². The molecule has 1 aliphatic heterocycles. The van der Waals surface area contributed by atoms with Gasteiger partial charge in [-0.2, -0.15) is 0 Å². The Hall–Kier alpha value is -5.16. The number of methoxy groups -OCH3 is 3. The molecular formula is C46H58O10. The third-order valence-corrected chi connectivity index (χ3v) is 8.37. The van der Waals surface area contributed by atoms with Crippen LogP contribution in [0.3, 0.4) is 0 Å². The number of ether oxygens (including phenoxy) is 8. The Balaban J connectivity index is 0.000000259. The van der Waals surface area contributed by atoms with Crippen molar-refractivity contribution in [2.24, 2.45) is 0 Å². The molecule has 56 heavy (non-hydrogen) atoms. The highest BCUT2D eigenvalue weighted by molar-refractivity contribution is 5.91. The smallest absolute Gasteiger partial charge is 0.343 e. The first-order valence-corrected chi connectivity index (χ1v) is 19.1. The first kappa shape index (κ1) is 45.2. The van der Waals surface area contributed by atoms with E-state index in [0.29, 0.717) is 55.2 Å². The molecule has 1 unspecified atom stereocenters. The van der Waals surface area contributed by atoms with Gasteiger partial charge in [-0.3, -0.25) is 0 Å². The summed E-state index contributed by atoms with van der Waals surface area (Å²) in [6, 6.07) is 31.1. The van der Waals surface area contributed by atoms with Gasteiger partial charge >= 0.3 is 11.9 Å². The van der Waals surface area contributed by atoms with Crippen LogP contribution < -0.4 is 14.2 Å². The lowest BCUT2D eigenvalue weighted by molar-refractivity contribution is 0.0600. The van der Waals surface area contributed by atoms with Gasteiger partial charge in [0.05, 0.1) is 51.3 Å². The molecule has 4 aromatic rings. The second-order valence-electron chi connectivity index (χ2n) is 12.9. The van der Waals surface area contributed by atoms with Crippen LogP contribution >= 0.6 is 0 Å². The van der Waals surface area contributed by atoms with E-state index < -0.39 is 5.97 Å². The Kier molecular flexibility index (Phi) is 22.2. The summed E-state index contributed by atoms with van der Waals surface area (Å²) in [6.07, 6.45) is 8.17. The molecule has 10 heteroatoms. The maximum Gasteiger partial charge on any atom is 0.343 e. The molecule has 0 spiro atoms. The van der Waals surface area contributed by atoms with E-state index in [1.807, 2.05) is 49.4 Å². The van der Waals surface area contributed by atoms with Crippen molar-refractivity contribution in [2.45, 2.75) is 58.0 Å². The van der Waals surface area contributed by atoms with E-state index >= 15 is 0 Å². The Morgan fingerprint density at radius 1 is 0.625 bits per heavy atom. The van der Waals surface area contributed by atoms with Crippen LogP contribution in [0.2, 0.25) is 0 Å². The van der Waals surface area contributed by atoms with E-state index in [0.717, 1.165) is 55.1 Å². The van der Waals surface area contributed by atoms with Crippen molar-refractivity contribution in [2.75, 3.05) is 61.0 Å². The summed E-state index contributed by atoms with van der Waals surface area (Å²) in [6.45, 7) is 10.2. The van der Waals surface area contributed by atoms with Crippen molar-refractivity contribution >= 4 is 17.7 Å². The molecule has 1 fully saturated rings. The predicted octanol–water partition coefficient (Wildman–Crippen LogP) is 9.54. The van der Waals surface area contributed by atoms with E-state index in [1.54, 1.807) is 74.9 Å². The largest absolute Gasteiger partial charge is 0.497 e. The highest BCUT2D eigenvalue weighted by Crippen LogP contribution is 2.19. The maximum absolute atomic E-state index is 12.2. The fourth-order valence-electron chi connectivity index (χ4n) is 5.03. The lowest BCUT2D eigenvalue weighted by Gasteiger charge is -2.10. The number of unbranched alkanes of at least 4 members (excludes halogenated alkanes) is 3. The lowest BCUT2D eigenvalue weighted by Crippen LogP contribution is -2.08. The van der Waals surface area contributed by atoms with Gasteiger partial charge in [-0.1, -0.05) is 73.9 Å². The quantitative estimate of drug-likeness (QED) is 0.0252. The molecule has 0 aliphatic carbocycles. The third kappa shape index (κ3) is 19.4. The van der Waals surface area contributed by atoms with Gasteiger partial charge in [0.2, 0.25) is 0 Å². The number of carbonyl (C=O) groups excluding carboxylic acids is 2. The number of rotatable bonds is 22. The fourth-order valence-corrected chi connectivity index (χ4v) is 5.03. The Morgan fingerprint density at radius 2 is 1.21 bits per heavy atom. The molecule has 5 rings (SSSR count). The number of aryl methyl sites for hydroxylation is 1. The zero-order valence-electron chi connectivity index (χ0n) is 33.4. The minimum Gasteiger partial charge on any atom is -0.497 e. The summed E-state index contributed by atoms with van der Waals surface area (Å²) in [5.41, 5.74) is 2.96. The molecule has 0 amide bonds. The molecule has 302 valence electrons. The van der Waals surface area contributed by atoms with Crippen molar-refractivity contribution in [3.05, 3.63) is 132 Å². The van der Waals surface area contributed by atoms with Gasteiger partial charge in [-0.15, -0.1) is 0 Å². The molecule has 1 aliphatic rings. The van der Waals surface area contributed by atoms with Gasteiger partial charge in [0.25, 0.3) is 0 Å². The zero-order valence-corrected chi connectivity index (χ0v) is 33.4. The molecule has 0 radical (unpaired) electrons. The first-order valence-electron chi connectivity index (χ1n) is 19.1. The average molecular weight is 771 g/mol. The molecule has 0 saturated carbocycles. The van der Waals surface area contributed by atoms with Gasteiger partial charge in [-0.25, -0.2) is 9.59 Å². The van der Waals surface area contributed by atoms with E-state index in [-0.39, 0.29) is 5.97 Å². The minimum absolute atomic E-state index is 0.323. The summed E-state index contributed by atoms with van der Waals surface area (Å²) in [7, 11) is 4.72. The third-order valence-electron chi connectivity index (χ3n) is 8.37. The molecule has 1 heterocycles. The van der Waals surface area contributed by atoms with Gasteiger partial charge < -0.3 is 37.9 Å². The Labute approximate surface area is 332 Å². The molecule has 1 saturated heterocycles. The topological polar surface area (TPSA) is 111 Å². The average Bonchev–Trinajstić information content (AvgIpc) is 4.07.